The molecule has 0 rings (SSSR count). The average molecular weight is 1110 g/mol. The Bertz CT molecular complexity index is 1880. The first-order valence-electron chi connectivity index (χ1n) is 13.2. The van der Waals surface area contributed by atoms with Gasteiger partial charge in [0.05, 0.1) is 0 Å². The lowest BCUT2D eigenvalue weighted by atomic mass is 9.85. The highest BCUT2D eigenvalue weighted by Crippen LogP contribution is 2.68. The summed E-state index contributed by atoms with van der Waals surface area (Å²) in [5.41, 5.74) is 0. The molecule has 0 fully saturated rings. The van der Waals surface area contributed by atoms with Gasteiger partial charge in [-0.15, -0.1) is 0 Å². The molecule has 66 heavy (non-hydrogen) atoms. The second-order valence-electron chi connectivity index (χ2n) is 11.5. The van der Waals surface area contributed by atoms with Crippen LogP contribution >= 0.6 is 0 Å². The lowest BCUT2D eigenvalue weighted by molar-refractivity contribution is -0.477. The van der Waals surface area contributed by atoms with E-state index in [1.807, 2.05) is 0 Å². The van der Waals surface area contributed by atoms with Crippen LogP contribution in [0, 0.1) is 0 Å². The van der Waals surface area contributed by atoms with E-state index < -0.39 is 128 Å². The van der Waals surface area contributed by atoms with Crippen molar-refractivity contribution in [1.29, 1.82) is 0 Å². The minimum absolute atomic E-state index is 4.62. The minimum Gasteiger partial charge on any atom is -0.477 e. The van der Waals surface area contributed by atoms with Gasteiger partial charge in [-0.2, -0.15) is 184 Å². The van der Waals surface area contributed by atoms with Crippen molar-refractivity contribution in [3.8, 4) is 0 Å². The van der Waals surface area contributed by atoms with Gasteiger partial charge in [-0.05, 0) is 0 Å². The highest BCUT2D eigenvalue weighted by molar-refractivity contribution is 7.87. The Morgan fingerprint density at radius 2 is 0.394 bits per heavy atom. The molecule has 0 atom stereocenters. The molecular weight excluding hydrogens is 1110 g/mol. The Morgan fingerprint density at radius 1 is 0.258 bits per heavy atom. The molecule has 398 valence electrons. The number of halogens is 40. The van der Waals surface area contributed by atoms with Gasteiger partial charge in [0.2, 0.25) is 0 Å². The van der Waals surface area contributed by atoms with Crippen LogP contribution in [0.15, 0.2) is 0 Å². The Balaban J connectivity index is 0. The second-order valence-corrected chi connectivity index (χ2v) is 12.9. The summed E-state index contributed by atoms with van der Waals surface area (Å²) in [5.74, 6) is -147. The smallest absolute Gasteiger partial charge is 0.460 e. The first-order chi connectivity index (χ1) is 27.4. The average Bonchev–Trinajstić information content (AvgIpc) is 3.05. The van der Waals surface area contributed by atoms with Crippen molar-refractivity contribution < 1.29 is 198 Å². The Kier molecular flexibility index (Phi) is 15.5. The van der Waals surface area contributed by atoms with E-state index in [-0.39, 0.29) is 0 Å². The van der Waals surface area contributed by atoms with Crippen LogP contribution in [-0.2, 0) is 14.9 Å². The quantitative estimate of drug-likeness (QED) is 0.112. The third kappa shape index (κ3) is 7.94. The van der Waals surface area contributed by atoms with E-state index in [0.717, 1.165) is 0 Å². The number of carboxylic acid groups (broad SMARTS) is 1. The molecule has 0 aliphatic heterocycles. The summed E-state index contributed by atoms with van der Waals surface area (Å²) in [6, 6.07) is 0. The summed E-state index contributed by atoms with van der Waals surface area (Å²) in [4.78, 5) is 9.85. The number of hydrogen-bond acceptors (Lipinski definition) is 3. The molecule has 0 aliphatic rings. The molecule has 5 nitrogen and oxygen atoms in total. The van der Waals surface area contributed by atoms with Crippen molar-refractivity contribution in [2.45, 2.75) is 112 Å². The minimum atomic E-state index is -9.50. The van der Waals surface area contributed by atoms with E-state index in [4.69, 9.17) is 9.66 Å². The van der Waals surface area contributed by atoms with E-state index in [1.54, 1.807) is 0 Å². The molecule has 2 N–H and O–H groups in total. The maximum Gasteiger partial charge on any atom is 0.460 e. The highest BCUT2D eigenvalue weighted by Gasteiger charge is 3.00. The van der Waals surface area contributed by atoms with Crippen LogP contribution in [0.1, 0.15) is 0 Å². The standard InChI is InChI=1S/C12HF23O2.C8HF17O3S/c13-2(14,1(36)37)3(15,16)4(17,18)5(19,20)6(21,22)7(23,24)8(25,26)9(27,28)10(29,30)11(31,32)12(33,34)35;9-1(10,3(13,14)5(17,18)7(21,22)23)2(11,12)4(15,16)6(19,20)8(24,25)29(26,27)28/h(H,36,37);(H,26,27,28). The van der Waals surface area contributed by atoms with Crippen LogP contribution in [0.5, 0.6) is 0 Å². The largest absolute Gasteiger partial charge is 0.477 e. The third-order valence-corrected chi connectivity index (χ3v) is 8.10. The van der Waals surface area contributed by atoms with E-state index in [0.29, 0.717) is 0 Å². The van der Waals surface area contributed by atoms with E-state index in [1.165, 1.54) is 0 Å². The van der Waals surface area contributed by atoms with Gasteiger partial charge in [0.25, 0.3) is 0 Å². The number of hydrogen-bond donors (Lipinski definition) is 2. The van der Waals surface area contributed by atoms with Crippen molar-refractivity contribution >= 4 is 16.1 Å². The number of carbonyl (C=O) groups is 1. The summed E-state index contributed by atoms with van der Waals surface area (Å²) in [6.45, 7) is 0. The molecule has 0 amide bonds. The van der Waals surface area contributed by atoms with Gasteiger partial charge in [0, 0.05) is 0 Å². The molecular formula is C20H2F40O5S. The molecule has 0 saturated heterocycles. The van der Waals surface area contributed by atoms with Crippen LogP contribution in [-0.4, -0.2) is 136 Å². The fourth-order valence-electron chi connectivity index (χ4n) is 3.20. The number of aliphatic carboxylic acids is 1. The lowest BCUT2D eigenvalue weighted by Crippen LogP contribution is -2.78. The third-order valence-electron chi connectivity index (χ3n) is 7.19. The fraction of sp³-hybridized carbons (Fsp3) is 0.950. The van der Waals surface area contributed by atoms with Gasteiger partial charge in [-0.1, -0.05) is 0 Å². The fourth-order valence-corrected chi connectivity index (χ4v) is 3.65. The monoisotopic (exact) mass is 1110 g/mol. The Morgan fingerprint density at radius 3 is 0.530 bits per heavy atom. The van der Waals surface area contributed by atoms with Gasteiger partial charge >= 0.3 is 128 Å². The van der Waals surface area contributed by atoms with E-state index in [9.17, 15) is 189 Å². The van der Waals surface area contributed by atoms with Gasteiger partial charge in [-0.25, -0.2) is 4.79 Å². The predicted molar refractivity (Wildman–Crippen MR) is 115 cm³/mol. The molecule has 0 radical (unpaired) electrons. The first kappa shape index (κ1) is 64.7. The first-order valence-corrected chi connectivity index (χ1v) is 14.6. The molecule has 0 aliphatic carbocycles. The molecule has 0 spiro atoms. The normalized spacial score (nSPS) is 16.8. The van der Waals surface area contributed by atoms with Crippen LogP contribution < -0.4 is 0 Å². The Hall–Kier alpha value is -3.42. The summed E-state index contributed by atoms with van der Waals surface area (Å²) < 4.78 is 540. The van der Waals surface area contributed by atoms with Crippen LogP contribution in [0.4, 0.5) is 176 Å². The highest BCUT2D eigenvalue weighted by atomic mass is 32.2. The SMILES string of the molecule is O=C(O)C(F)(F)C(F)(F)C(F)(F)C(F)(F)C(F)(F)C(F)(F)C(F)(F)C(F)(F)C(F)(F)C(F)(F)C(F)(F)F.O=S(=O)(O)C(F)(F)C(F)(F)C(F)(F)C(F)(F)C(F)(F)C(F)(F)C(F)(F)C(F)(F)F. The summed E-state index contributed by atoms with van der Waals surface area (Å²) in [7, 11) is -7.89. The Labute approximate surface area is 328 Å². The van der Waals surface area contributed by atoms with Crippen molar-refractivity contribution in [2.75, 3.05) is 0 Å². The number of rotatable bonds is 17. The molecule has 46 heteroatoms. The van der Waals surface area contributed by atoms with E-state index >= 15 is 0 Å². The van der Waals surface area contributed by atoms with Gasteiger partial charge in [-0.3, -0.25) is 4.55 Å². The van der Waals surface area contributed by atoms with Gasteiger partial charge in [0.1, 0.15) is 0 Å². The van der Waals surface area contributed by atoms with Crippen molar-refractivity contribution in [3.63, 3.8) is 0 Å². The van der Waals surface area contributed by atoms with Crippen LogP contribution in [0.25, 0.3) is 0 Å². The zero-order chi connectivity index (χ0) is 55.6. The van der Waals surface area contributed by atoms with Crippen molar-refractivity contribution in [2.24, 2.45) is 0 Å². The molecule has 0 aromatic heterocycles. The molecule has 0 aromatic rings. The number of alkyl halides is 40. The summed E-state index contributed by atoms with van der Waals surface area (Å²) in [6.07, 6.45) is -16.0. The van der Waals surface area contributed by atoms with Gasteiger partial charge in [0.15, 0.2) is 0 Å². The topological polar surface area (TPSA) is 91.7 Å². The summed E-state index contributed by atoms with van der Waals surface area (Å²) in [5, 5.41) is -0.216. The molecule has 0 heterocycles. The molecule has 0 bridgehead atoms. The van der Waals surface area contributed by atoms with Crippen molar-refractivity contribution in [1.82, 2.24) is 0 Å². The zero-order valence-corrected chi connectivity index (χ0v) is 28.5. The van der Waals surface area contributed by atoms with Crippen molar-refractivity contribution in [3.05, 3.63) is 0 Å². The lowest BCUT2D eigenvalue weighted by Gasteiger charge is -2.44. The van der Waals surface area contributed by atoms with Crippen LogP contribution in [0.3, 0.4) is 0 Å². The summed E-state index contributed by atoms with van der Waals surface area (Å²) >= 11 is 0. The van der Waals surface area contributed by atoms with Crippen LogP contribution in [0.2, 0.25) is 0 Å². The zero-order valence-electron chi connectivity index (χ0n) is 27.6. The molecule has 0 unspecified atom stereocenters. The van der Waals surface area contributed by atoms with E-state index in [2.05, 4.69) is 0 Å². The molecule has 0 aromatic carbocycles. The number of carboxylic acids is 1. The molecule has 0 saturated carbocycles. The predicted octanol–water partition coefficient (Wildman–Crippen LogP) is 11.8. The second kappa shape index (κ2) is 15.8. The van der Waals surface area contributed by atoms with Gasteiger partial charge < -0.3 is 5.11 Å². The maximum atomic E-state index is 13.4. The maximum absolute atomic E-state index is 13.4.